The summed E-state index contributed by atoms with van der Waals surface area (Å²) in [4.78, 5) is 1.24. The van der Waals surface area contributed by atoms with Crippen LogP contribution in [-0.2, 0) is 0 Å². The van der Waals surface area contributed by atoms with Crippen LogP contribution in [0.1, 0.15) is 17.8 Å². The standard InChI is InChI=1S/C12H9BrClN3S2/c1-6(9-4-5-10(13)18-9)15-11-7(14)2-3-8-12(11)17-19-16-8/h2-6,15H,1H3. The van der Waals surface area contributed by atoms with E-state index in [-0.39, 0.29) is 6.04 Å². The Morgan fingerprint density at radius 1 is 1.26 bits per heavy atom. The maximum Gasteiger partial charge on any atom is 0.129 e. The van der Waals surface area contributed by atoms with Crippen molar-refractivity contribution in [3.05, 3.63) is 38.0 Å². The van der Waals surface area contributed by atoms with Gasteiger partial charge < -0.3 is 5.32 Å². The summed E-state index contributed by atoms with van der Waals surface area (Å²) in [5.41, 5.74) is 2.56. The fourth-order valence-corrected chi connectivity index (χ4v) is 3.99. The second-order valence-electron chi connectivity index (χ2n) is 4.06. The first kappa shape index (κ1) is 13.3. The Morgan fingerprint density at radius 2 is 2.11 bits per heavy atom. The van der Waals surface area contributed by atoms with Crippen LogP contribution in [0.2, 0.25) is 5.02 Å². The van der Waals surface area contributed by atoms with Gasteiger partial charge in [0.25, 0.3) is 0 Å². The molecule has 2 aromatic heterocycles. The molecule has 1 unspecified atom stereocenters. The summed E-state index contributed by atoms with van der Waals surface area (Å²) in [5.74, 6) is 0. The summed E-state index contributed by atoms with van der Waals surface area (Å²) >= 11 is 12.6. The number of hydrogen-bond acceptors (Lipinski definition) is 5. The number of nitrogens with one attached hydrogen (secondary N) is 1. The topological polar surface area (TPSA) is 37.8 Å². The van der Waals surface area contributed by atoms with Crippen molar-refractivity contribution in [2.45, 2.75) is 13.0 Å². The molecule has 7 heteroatoms. The van der Waals surface area contributed by atoms with Crippen LogP contribution in [-0.4, -0.2) is 8.75 Å². The maximum absolute atomic E-state index is 6.27. The molecule has 0 aliphatic heterocycles. The normalized spacial score (nSPS) is 12.8. The van der Waals surface area contributed by atoms with Gasteiger partial charge >= 0.3 is 0 Å². The number of hydrogen-bond donors (Lipinski definition) is 1. The van der Waals surface area contributed by atoms with Crippen LogP contribution < -0.4 is 5.32 Å². The first-order chi connectivity index (χ1) is 9.15. The third-order valence-corrected chi connectivity index (χ3v) is 5.42. The largest absolute Gasteiger partial charge is 0.375 e. The van der Waals surface area contributed by atoms with Crippen molar-refractivity contribution in [1.82, 2.24) is 8.75 Å². The van der Waals surface area contributed by atoms with Crippen molar-refractivity contribution in [2.75, 3.05) is 5.32 Å². The number of rotatable bonds is 3. The molecule has 0 aliphatic rings. The third-order valence-electron chi connectivity index (χ3n) is 2.76. The minimum Gasteiger partial charge on any atom is -0.375 e. The molecule has 0 saturated carbocycles. The molecule has 0 spiro atoms. The van der Waals surface area contributed by atoms with Gasteiger partial charge in [0.05, 0.1) is 32.3 Å². The van der Waals surface area contributed by atoms with Gasteiger partial charge in [-0.1, -0.05) is 11.6 Å². The molecule has 3 aromatic rings. The predicted octanol–water partition coefficient (Wildman–Crippen LogP) is 5.34. The molecule has 1 aromatic carbocycles. The van der Waals surface area contributed by atoms with Gasteiger partial charge in [-0.3, -0.25) is 0 Å². The predicted molar refractivity (Wildman–Crippen MR) is 86.5 cm³/mol. The van der Waals surface area contributed by atoms with Gasteiger partial charge in [-0.15, -0.1) is 11.3 Å². The molecular formula is C12H9BrClN3S2. The lowest BCUT2D eigenvalue weighted by Gasteiger charge is -2.15. The van der Waals surface area contributed by atoms with E-state index >= 15 is 0 Å². The smallest absolute Gasteiger partial charge is 0.129 e. The maximum atomic E-state index is 6.27. The Morgan fingerprint density at radius 3 is 2.84 bits per heavy atom. The van der Waals surface area contributed by atoms with E-state index in [0.29, 0.717) is 5.02 Å². The summed E-state index contributed by atoms with van der Waals surface area (Å²) in [6.45, 7) is 2.10. The molecule has 19 heavy (non-hydrogen) atoms. The first-order valence-corrected chi connectivity index (χ1v) is 8.29. The molecule has 0 fully saturated rings. The van der Waals surface area contributed by atoms with E-state index in [0.717, 1.165) is 20.5 Å². The Labute approximate surface area is 132 Å². The van der Waals surface area contributed by atoms with Crippen LogP contribution in [0.4, 0.5) is 5.69 Å². The quantitative estimate of drug-likeness (QED) is 0.672. The molecule has 1 atom stereocenters. The lowest BCUT2D eigenvalue weighted by molar-refractivity contribution is 0.910. The van der Waals surface area contributed by atoms with E-state index in [1.165, 1.54) is 16.6 Å². The average molecular weight is 375 g/mol. The Hall–Kier alpha value is -0.690. The van der Waals surface area contributed by atoms with E-state index in [9.17, 15) is 0 Å². The van der Waals surface area contributed by atoms with Crippen LogP contribution in [0.5, 0.6) is 0 Å². The highest BCUT2D eigenvalue weighted by molar-refractivity contribution is 9.11. The van der Waals surface area contributed by atoms with Gasteiger partial charge in [-0.05, 0) is 47.1 Å². The molecule has 0 amide bonds. The van der Waals surface area contributed by atoms with E-state index < -0.39 is 0 Å². The zero-order chi connectivity index (χ0) is 13.4. The zero-order valence-electron chi connectivity index (χ0n) is 9.85. The van der Waals surface area contributed by atoms with Crippen LogP contribution >= 0.6 is 50.6 Å². The molecule has 3 nitrogen and oxygen atoms in total. The number of fused-ring (bicyclic) bond motifs is 1. The Kier molecular flexibility index (Phi) is 3.75. The molecule has 2 heterocycles. The van der Waals surface area contributed by atoms with Gasteiger partial charge in [-0.25, -0.2) is 0 Å². The molecule has 0 saturated heterocycles. The summed E-state index contributed by atoms with van der Waals surface area (Å²) in [5, 5.41) is 4.10. The van der Waals surface area contributed by atoms with Crippen LogP contribution in [0.15, 0.2) is 28.1 Å². The lowest BCUT2D eigenvalue weighted by Crippen LogP contribution is -2.05. The summed E-state index contributed by atoms with van der Waals surface area (Å²) < 4.78 is 9.66. The highest BCUT2D eigenvalue weighted by Gasteiger charge is 2.14. The van der Waals surface area contributed by atoms with Gasteiger partial charge in [0, 0.05) is 4.88 Å². The highest BCUT2D eigenvalue weighted by Crippen LogP contribution is 2.35. The minimum absolute atomic E-state index is 0.168. The molecule has 3 rings (SSSR count). The molecule has 0 aliphatic carbocycles. The van der Waals surface area contributed by atoms with Crippen LogP contribution in [0, 0.1) is 0 Å². The van der Waals surface area contributed by atoms with Crippen molar-refractivity contribution in [1.29, 1.82) is 0 Å². The van der Waals surface area contributed by atoms with Gasteiger partial charge in [0.15, 0.2) is 0 Å². The number of thiophene rings is 1. The van der Waals surface area contributed by atoms with Gasteiger partial charge in [0.1, 0.15) is 11.0 Å². The third kappa shape index (κ3) is 2.63. The lowest BCUT2D eigenvalue weighted by atomic mass is 10.2. The number of halogens is 2. The summed E-state index contributed by atoms with van der Waals surface area (Å²) in [7, 11) is 0. The van der Waals surface area contributed by atoms with Crippen molar-refractivity contribution in [2.24, 2.45) is 0 Å². The fraction of sp³-hybridized carbons (Fsp3) is 0.167. The number of benzene rings is 1. The fourth-order valence-electron chi connectivity index (χ4n) is 1.81. The number of nitrogens with zero attached hydrogens (tertiary/aromatic N) is 2. The summed E-state index contributed by atoms with van der Waals surface area (Å²) in [6, 6.07) is 8.05. The molecule has 0 bridgehead atoms. The first-order valence-electron chi connectivity index (χ1n) is 5.57. The van der Waals surface area contributed by atoms with E-state index in [4.69, 9.17) is 11.6 Å². The summed E-state index contributed by atoms with van der Waals surface area (Å²) in [6.07, 6.45) is 0. The second-order valence-corrected chi connectivity index (χ2v) is 7.49. The molecule has 1 N–H and O–H groups in total. The average Bonchev–Trinajstić information content (AvgIpc) is 3.01. The molecule has 98 valence electrons. The monoisotopic (exact) mass is 373 g/mol. The second kappa shape index (κ2) is 5.36. The molecule has 0 radical (unpaired) electrons. The minimum atomic E-state index is 0.168. The zero-order valence-corrected chi connectivity index (χ0v) is 13.8. The Balaban J connectivity index is 1.96. The van der Waals surface area contributed by atoms with Crippen molar-refractivity contribution in [3.63, 3.8) is 0 Å². The number of anilines is 1. The van der Waals surface area contributed by atoms with Crippen molar-refractivity contribution < 1.29 is 0 Å². The van der Waals surface area contributed by atoms with Crippen molar-refractivity contribution in [3.8, 4) is 0 Å². The van der Waals surface area contributed by atoms with E-state index in [2.05, 4.69) is 43.0 Å². The van der Waals surface area contributed by atoms with Crippen LogP contribution in [0.3, 0.4) is 0 Å². The van der Waals surface area contributed by atoms with E-state index in [1.807, 2.05) is 18.2 Å². The van der Waals surface area contributed by atoms with Crippen LogP contribution in [0.25, 0.3) is 11.0 Å². The van der Waals surface area contributed by atoms with E-state index in [1.54, 1.807) is 11.3 Å². The van der Waals surface area contributed by atoms with Gasteiger partial charge in [-0.2, -0.15) is 8.75 Å². The number of aromatic nitrogens is 2. The Bertz CT molecular complexity index is 725. The van der Waals surface area contributed by atoms with Gasteiger partial charge in [0.2, 0.25) is 0 Å². The SMILES string of the molecule is CC(Nc1c(Cl)ccc2nsnc12)c1ccc(Br)s1. The van der Waals surface area contributed by atoms with Crippen molar-refractivity contribution >= 4 is 67.3 Å². The molecular weight excluding hydrogens is 366 g/mol. The highest BCUT2D eigenvalue weighted by atomic mass is 79.9.